The van der Waals surface area contributed by atoms with Crippen molar-refractivity contribution in [1.82, 2.24) is 0 Å². The van der Waals surface area contributed by atoms with Crippen molar-refractivity contribution in [2.24, 2.45) is 9.98 Å². The van der Waals surface area contributed by atoms with Crippen molar-refractivity contribution < 1.29 is 0 Å². The highest BCUT2D eigenvalue weighted by molar-refractivity contribution is 7.78. The molecule has 0 atom stereocenters. The first-order valence-corrected chi connectivity index (χ1v) is 8.24. The van der Waals surface area contributed by atoms with Crippen molar-refractivity contribution in [2.45, 2.75) is 81.7 Å². The van der Waals surface area contributed by atoms with Crippen LogP contribution in [0.5, 0.6) is 0 Å². The highest BCUT2D eigenvalue weighted by Gasteiger charge is 2.42. The van der Waals surface area contributed by atoms with Gasteiger partial charge in [0.15, 0.2) is 0 Å². The highest BCUT2D eigenvalue weighted by Crippen LogP contribution is 2.44. The van der Waals surface area contributed by atoms with E-state index >= 15 is 0 Å². The zero-order valence-corrected chi connectivity index (χ0v) is 13.1. The van der Waals surface area contributed by atoms with Crippen molar-refractivity contribution in [1.29, 1.82) is 0 Å². The molecule has 2 rings (SSSR count). The minimum atomic E-state index is -0.0208. The average molecular weight is 294 g/mol. The van der Waals surface area contributed by atoms with Gasteiger partial charge in [0.1, 0.15) is 0 Å². The third-order valence-corrected chi connectivity index (χ3v) is 4.97. The van der Waals surface area contributed by atoms with E-state index in [1.807, 2.05) is 0 Å². The molecule has 0 unspecified atom stereocenters. The molecule has 2 aliphatic carbocycles. The minimum Gasteiger partial charge on any atom is -0.226 e. The molecule has 0 amide bonds. The number of hydrogen-bond donors (Lipinski definition) is 0. The molecule has 2 nitrogen and oxygen atoms in total. The zero-order chi connectivity index (χ0) is 13.6. The lowest BCUT2D eigenvalue weighted by Gasteiger charge is -2.42. The number of hydrogen-bond acceptors (Lipinski definition) is 4. The maximum absolute atomic E-state index is 4.89. The van der Waals surface area contributed by atoms with Gasteiger partial charge in [0.2, 0.25) is 0 Å². The SMILES string of the molecule is S=C=NC1(CC2(N=C=S)CCCCC2)CCCCC1. The Bertz CT molecular complexity index is 356. The summed E-state index contributed by atoms with van der Waals surface area (Å²) in [4.78, 5) is 9.16. The van der Waals surface area contributed by atoms with Gasteiger partial charge in [-0.1, -0.05) is 38.5 Å². The number of thiocarbonyl (C=S) groups is 2. The van der Waals surface area contributed by atoms with Crippen LogP contribution in [0, 0.1) is 0 Å². The van der Waals surface area contributed by atoms with Crippen LogP contribution in [-0.4, -0.2) is 21.4 Å². The quantitative estimate of drug-likeness (QED) is 0.539. The fourth-order valence-corrected chi connectivity index (χ4v) is 4.27. The van der Waals surface area contributed by atoms with Gasteiger partial charge in [-0.25, -0.2) is 9.98 Å². The van der Waals surface area contributed by atoms with Crippen molar-refractivity contribution in [3.8, 4) is 0 Å². The Kier molecular flexibility index (Phi) is 5.41. The molecule has 0 aromatic rings. The van der Waals surface area contributed by atoms with Gasteiger partial charge in [-0.2, -0.15) is 0 Å². The fourth-order valence-electron chi connectivity index (χ4n) is 3.88. The normalized spacial score (nSPS) is 24.8. The van der Waals surface area contributed by atoms with E-state index in [1.165, 1.54) is 38.5 Å². The summed E-state index contributed by atoms with van der Waals surface area (Å²) in [6.45, 7) is 0. The average Bonchev–Trinajstić information content (AvgIpc) is 2.41. The summed E-state index contributed by atoms with van der Waals surface area (Å²) in [6.07, 6.45) is 13.1. The minimum absolute atomic E-state index is 0.0208. The van der Waals surface area contributed by atoms with E-state index in [2.05, 4.69) is 20.3 Å². The van der Waals surface area contributed by atoms with Gasteiger partial charge in [-0.05, 0) is 56.5 Å². The smallest absolute Gasteiger partial charge is 0.0734 e. The zero-order valence-electron chi connectivity index (χ0n) is 11.5. The van der Waals surface area contributed by atoms with Crippen LogP contribution in [0.25, 0.3) is 0 Å². The van der Waals surface area contributed by atoms with E-state index in [0.717, 1.165) is 32.1 Å². The summed E-state index contributed by atoms with van der Waals surface area (Å²) in [5, 5.41) is 5.29. The number of isothiocyanates is 2. The Labute approximate surface area is 126 Å². The molecule has 2 fully saturated rings. The van der Waals surface area contributed by atoms with E-state index in [9.17, 15) is 0 Å². The fraction of sp³-hybridized carbons (Fsp3) is 0.867. The molecule has 0 aliphatic heterocycles. The van der Waals surface area contributed by atoms with Crippen LogP contribution < -0.4 is 0 Å². The molecule has 0 N–H and O–H groups in total. The number of rotatable bonds is 4. The summed E-state index contributed by atoms with van der Waals surface area (Å²) in [6, 6.07) is 0. The molecule has 2 saturated carbocycles. The second-order valence-corrected chi connectivity index (χ2v) is 6.52. The molecule has 104 valence electrons. The van der Waals surface area contributed by atoms with Gasteiger partial charge in [-0.3, -0.25) is 0 Å². The molecule has 0 radical (unpaired) electrons. The summed E-state index contributed by atoms with van der Waals surface area (Å²) in [7, 11) is 0. The molecule has 0 spiro atoms. The topological polar surface area (TPSA) is 24.7 Å². The predicted octanol–water partition coefficient (Wildman–Crippen LogP) is 4.99. The lowest BCUT2D eigenvalue weighted by Crippen LogP contribution is -2.41. The molecule has 0 aromatic carbocycles. The highest BCUT2D eigenvalue weighted by atomic mass is 32.1. The van der Waals surface area contributed by atoms with Gasteiger partial charge in [0.25, 0.3) is 0 Å². The summed E-state index contributed by atoms with van der Waals surface area (Å²) >= 11 is 9.78. The van der Waals surface area contributed by atoms with Crippen LogP contribution >= 0.6 is 24.4 Å². The molecule has 19 heavy (non-hydrogen) atoms. The van der Waals surface area contributed by atoms with E-state index in [-0.39, 0.29) is 11.1 Å². The van der Waals surface area contributed by atoms with Crippen LogP contribution in [0.3, 0.4) is 0 Å². The summed E-state index contributed by atoms with van der Waals surface area (Å²) < 4.78 is 0. The summed E-state index contributed by atoms with van der Waals surface area (Å²) in [5.74, 6) is 0. The monoisotopic (exact) mass is 294 g/mol. The van der Waals surface area contributed by atoms with E-state index in [1.54, 1.807) is 0 Å². The molecule has 0 saturated heterocycles. The van der Waals surface area contributed by atoms with E-state index < -0.39 is 0 Å². The Hall–Kier alpha value is -0.400. The Balaban J connectivity index is 2.21. The second kappa shape index (κ2) is 6.85. The van der Waals surface area contributed by atoms with Crippen molar-refractivity contribution in [3.63, 3.8) is 0 Å². The lowest BCUT2D eigenvalue weighted by molar-refractivity contribution is 0.183. The van der Waals surface area contributed by atoms with Crippen molar-refractivity contribution >= 4 is 34.8 Å². The first-order valence-electron chi connectivity index (χ1n) is 7.42. The molecular formula is C15H22N2S2. The van der Waals surface area contributed by atoms with Crippen molar-refractivity contribution in [2.75, 3.05) is 0 Å². The predicted molar refractivity (Wildman–Crippen MR) is 86.3 cm³/mol. The van der Waals surface area contributed by atoms with Crippen LogP contribution in [-0.2, 0) is 0 Å². The largest absolute Gasteiger partial charge is 0.226 e. The maximum Gasteiger partial charge on any atom is 0.0734 e. The standard InChI is InChI=1S/C15H22N2S2/c18-12-16-14(7-3-1-4-8-14)11-15(17-13-19)9-5-2-6-10-15/h1-11H2. The first kappa shape index (κ1) is 15.0. The molecular weight excluding hydrogens is 272 g/mol. The van der Waals surface area contributed by atoms with Gasteiger partial charge < -0.3 is 0 Å². The molecule has 0 aromatic heterocycles. The number of nitrogens with zero attached hydrogens (tertiary/aromatic N) is 2. The lowest BCUT2D eigenvalue weighted by atomic mass is 9.69. The Morgan fingerprint density at radius 1 is 0.684 bits per heavy atom. The third-order valence-electron chi connectivity index (χ3n) is 4.79. The van der Waals surface area contributed by atoms with Crippen LogP contribution in [0.1, 0.15) is 70.6 Å². The Morgan fingerprint density at radius 3 is 1.37 bits per heavy atom. The number of aliphatic imine (C=N–C) groups is 2. The first-order chi connectivity index (χ1) is 9.24. The Morgan fingerprint density at radius 2 is 1.05 bits per heavy atom. The van der Waals surface area contributed by atoms with Gasteiger partial charge >= 0.3 is 0 Å². The molecule has 4 heteroatoms. The van der Waals surface area contributed by atoms with Crippen LogP contribution in [0.2, 0.25) is 0 Å². The van der Waals surface area contributed by atoms with Gasteiger partial charge in [-0.15, -0.1) is 0 Å². The summed E-state index contributed by atoms with van der Waals surface area (Å²) in [5.41, 5.74) is -0.0416. The van der Waals surface area contributed by atoms with Crippen molar-refractivity contribution in [3.05, 3.63) is 0 Å². The molecule has 2 aliphatic rings. The van der Waals surface area contributed by atoms with Gasteiger partial charge in [0.05, 0.1) is 21.4 Å². The van der Waals surface area contributed by atoms with Gasteiger partial charge in [0, 0.05) is 0 Å². The molecule has 0 heterocycles. The van der Waals surface area contributed by atoms with E-state index in [4.69, 9.17) is 24.4 Å². The van der Waals surface area contributed by atoms with E-state index in [0.29, 0.717) is 0 Å². The van der Waals surface area contributed by atoms with Crippen LogP contribution in [0.4, 0.5) is 0 Å². The maximum atomic E-state index is 4.89. The third kappa shape index (κ3) is 3.79. The second-order valence-electron chi connectivity index (χ2n) is 6.15. The molecule has 0 bridgehead atoms. The van der Waals surface area contributed by atoms with Crippen LogP contribution in [0.15, 0.2) is 9.98 Å².